The van der Waals surface area contributed by atoms with Crippen LogP contribution in [0.25, 0.3) is 10.8 Å². The summed E-state index contributed by atoms with van der Waals surface area (Å²) in [6.07, 6.45) is -4.26. The van der Waals surface area contributed by atoms with Crippen LogP contribution in [0.4, 0.5) is 13.2 Å². The molecule has 8 heteroatoms. The second-order valence-corrected chi connectivity index (χ2v) is 7.59. The second kappa shape index (κ2) is 8.90. The molecule has 1 amide bonds. The molecule has 3 aromatic rings. The zero-order valence-electron chi connectivity index (χ0n) is 17.5. The third kappa shape index (κ3) is 4.85. The minimum atomic E-state index is -4.43. The van der Waals surface area contributed by atoms with Gasteiger partial charge in [0.25, 0.3) is 5.91 Å². The summed E-state index contributed by atoms with van der Waals surface area (Å²) < 4.78 is 44.3. The van der Waals surface area contributed by atoms with E-state index in [1.165, 1.54) is 25.1 Å². The maximum atomic E-state index is 13.0. The molecule has 0 spiro atoms. The smallest absolute Gasteiger partial charge is 0.416 e. The Bertz CT molecular complexity index is 1140. The summed E-state index contributed by atoms with van der Waals surface area (Å²) in [6.45, 7) is 2.99. The van der Waals surface area contributed by atoms with E-state index in [0.717, 1.165) is 17.5 Å². The maximum absolute atomic E-state index is 13.0. The van der Waals surface area contributed by atoms with Crippen LogP contribution >= 0.6 is 0 Å². The Hall–Kier alpha value is -3.55. The van der Waals surface area contributed by atoms with Gasteiger partial charge in [0.2, 0.25) is 0 Å². The molecule has 5 nitrogen and oxygen atoms in total. The van der Waals surface area contributed by atoms with Crippen LogP contribution in [0.2, 0.25) is 0 Å². The van der Waals surface area contributed by atoms with Gasteiger partial charge in [0.15, 0.2) is 0 Å². The summed E-state index contributed by atoms with van der Waals surface area (Å²) in [5.41, 5.74) is -1.61. The second-order valence-electron chi connectivity index (χ2n) is 7.59. The number of carbonyl (C=O) groups excluding carboxylic acids is 1. The van der Waals surface area contributed by atoms with E-state index in [1.54, 1.807) is 25.1 Å². The fourth-order valence-electron chi connectivity index (χ4n) is 3.13. The van der Waals surface area contributed by atoms with E-state index < -0.39 is 29.2 Å². The van der Waals surface area contributed by atoms with Crippen LogP contribution in [-0.2, 0) is 17.6 Å². The summed E-state index contributed by atoms with van der Waals surface area (Å²) in [6, 6.07) is 15.0. The van der Waals surface area contributed by atoms with Gasteiger partial charge in [0, 0.05) is 5.39 Å². The van der Waals surface area contributed by atoms with Crippen LogP contribution in [0.5, 0.6) is 5.75 Å². The average Bonchev–Trinajstić information content (AvgIpc) is 2.76. The highest BCUT2D eigenvalue weighted by Gasteiger charge is 2.34. The molecule has 168 valence electrons. The van der Waals surface area contributed by atoms with E-state index in [1.807, 2.05) is 12.1 Å². The predicted octanol–water partition coefficient (Wildman–Crippen LogP) is 5.42. The fourth-order valence-corrected chi connectivity index (χ4v) is 3.13. The molecule has 0 saturated carbocycles. The number of carboxylic acid groups (broad SMARTS) is 1. The van der Waals surface area contributed by atoms with Gasteiger partial charge >= 0.3 is 12.1 Å². The van der Waals surface area contributed by atoms with E-state index in [4.69, 9.17) is 4.74 Å². The Labute approximate surface area is 182 Å². The van der Waals surface area contributed by atoms with Gasteiger partial charge in [-0.05, 0) is 42.5 Å². The lowest BCUT2D eigenvalue weighted by Gasteiger charge is -2.25. The highest BCUT2D eigenvalue weighted by atomic mass is 19.4. The van der Waals surface area contributed by atoms with Crippen molar-refractivity contribution >= 4 is 22.6 Å². The lowest BCUT2D eigenvalue weighted by molar-refractivity contribution is -0.144. The van der Waals surface area contributed by atoms with E-state index in [2.05, 4.69) is 5.32 Å². The van der Waals surface area contributed by atoms with Gasteiger partial charge in [-0.3, -0.25) is 4.79 Å². The van der Waals surface area contributed by atoms with Crippen molar-refractivity contribution in [2.45, 2.75) is 38.6 Å². The van der Waals surface area contributed by atoms with Crippen molar-refractivity contribution in [1.82, 2.24) is 5.32 Å². The van der Waals surface area contributed by atoms with E-state index in [-0.39, 0.29) is 24.3 Å². The number of alkyl halides is 3. The molecule has 1 atom stereocenters. The quantitative estimate of drug-likeness (QED) is 0.509. The molecule has 0 fully saturated rings. The molecule has 2 N–H and O–H groups in total. The Balaban J connectivity index is 1.94. The number of hydrogen-bond donors (Lipinski definition) is 2. The van der Waals surface area contributed by atoms with Crippen molar-refractivity contribution in [3.05, 3.63) is 77.4 Å². The number of ether oxygens (including phenoxy) is 1. The zero-order valence-corrected chi connectivity index (χ0v) is 17.5. The predicted molar refractivity (Wildman–Crippen MR) is 114 cm³/mol. The molecule has 0 aromatic heterocycles. The minimum Gasteiger partial charge on any atom is -0.487 e. The molecule has 0 aliphatic heterocycles. The summed E-state index contributed by atoms with van der Waals surface area (Å²) in [4.78, 5) is 24.6. The van der Waals surface area contributed by atoms with Gasteiger partial charge < -0.3 is 15.2 Å². The lowest BCUT2D eigenvalue weighted by atomic mass is 9.97. The number of nitrogens with one attached hydrogen (secondary N) is 1. The van der Waals surface area contributed by atoms with Crippen molar-refractivity contribution < 1.29 is 32.6 Å². The van der Waals surface area contributed by atoms with Crippen molar-refractivity contribution in [3.8, 4) is 5.75 Å². The Kier molecular flexibility index (Phi) is 6.43. The Morgan fingerprint density at radius 1 is 1.00 bits per heavy atom. The van der Waals surface area contributed by atoms with Gasteiger partial charge in [-0.15, -0.1) is 0 Å². The third-order valence-electron chi connectivity index (χ3n) is 5.36. The van der Waals surface area contributed by atoms with Crippen molar-refractivity contribution in [1.29, 1.82) is 0 Å². The van der Waals surface area contributed by atoms with Gasteiger partial charge in [-0.1, -0.05) is 49.4 Å². The fraction of sp³-hybridized carbons (Fsp3) is 0.250. The normalized spacial score (nSPS) is 13.4. The maximum Gasteiger partial charge on any atom is 0.416 e. The zero-order chi connectivity index (χ0) is 23.5. The monoisotopic (exact) mass is 445 g/mol. The third-order valence-corrected chi connectivity index (χ3v) is 5.36. The van der Waals surface area contributed by atoms with Crippen LogP contribution < -0.4 is 10.1 Å². The van der Waals surface area contributed by atoms with Crippen LogP contribution in [0, 0.1) is 0 Å². The van der Waals surface area contributed by atoms with Crippen LogP contribution in [0.15, 0.2) is 60.7 Å². The van der Waals surface area contributed by atoms with E-state index >= 15 is 0 Å². The largest absolute Gasteiger partial charge is 0.487 e. The number of benzene rings is 3. The molecule has 0 saturated heterocycles. The van der Waals surface area contributed by atoms with Crippen LogP contribution in [-0.4, -0.2) is 22.5 Å². The minimum absolute atomic E-state index is 0.0730. The van der Waals surface area contributed by atoms with Crippen molar-refractivity contribution in [3.63, 3.8) is 0 Å². The van der Waals surface area contributed by atoms with Crippen LogP contribution in [0.1, 0.15) is 41.8 Å². The Morgan fingerprint density at radius 3 is 2.25 bits per heavy atom. The summed E-state index contributed by atoms with van der Waals surface area (Å²) in [5, 5.41) is 13.4. The number of halogens is 3. The Morgan fingerprint density at radius 2 is 1.66 bits per heavy atom. The number of aliphatic carboxylic acids is 1. The molecule has 0 bridgehead atoms. The topological polar surface area (TPSA) is 75.6 Å². The summed E-state index contributed by atoms with van der Waals surface area (Å²) in [7, 11) is 0. The average molecular weight is 445 g/mol. The van der Waals surface area contributed by atoms with Crippen molar-refractivity contribution in [2.24, 2.45) is 0 Å². The van der Waals surface area contributed by atoms with Gasteiger partial charge in [0.1, 0.15) is 17.9 Å². The highest BCUT2D eigenvalue weighted by Crippen LogP contribution is 2.32. The van der Waals surface area contributed by atoms with Crippen molar-refractivity contribution in [2.75, 3.05) is 0 Å². The highest BCUT2D eigenvalue weighted by molar-refractivity contribution is 6.05. The number of hydrogen-bond acceptors (Lipinski definition) is 3. The lowest BCUT2D eigenvalue weighted by Crippen LogP contribution is -2.51. The molecule has 0 aliphatic rings. The number of fused-ring (bicyclic) bond motifs is 1. The summed E-state index contributed by atoms with van der Waals surface area (Å²) in [5.74, 6) is -1.56. The molecule has 0 radical (unpaired) electrons. The molecular formula is C24H22F3NO4. The molecule has 0 heterocycles. The number of rotatable bonds is 7. The first kappa shape index (κ1) is 23.1. The standard InChI is InChI=1S/C24H22F3NO4/c1-3-23(2,22(30)31)28-21(29)19-13-10-16-6-4-5-7-18(16)20(19)32-14-15-8-11-17(12-9-15)24(25,26)27/h4-13H,3,14H2,1-2H3,(H,28,29)(H,30,31). The molecule has 3 aromatic carbocycles. The van der Waals surface area contributed by atoms with Gasteiger partial charge in [0.05, 0.1) is 11.1 Å². The molecule has 3 rings (SSSR count). The first-order valence-electron chi connectivity index (χ1n) is 9.92. The SMILES string of the molecule is CCC(C)(NC(=O)c1ccc2ccccc2c1OCc1ccc(C(F)(F)F)cc1)C(=O)O. The van der Waals surface area contributed by atoms with Crippen LogP contribution in [0.3, 0.4) is 0 Å². The first-order valence-corrected chi connectivity index (χ1v) is 9.92. The van der Waals surface area contributed by atoms with Gasteiger partial charge in [-0.25, -0.2) is 4.79 Å². The van der Waals surface area contributed by atoms with E-state index in [9.17, 15) is 27.9 Å². The summed E-state index contributed by atoms with van der Waals surface area (Å²) >= 11 is 0. The number of carboxylic acids is 1. The number of carbonyl (C=O) groups is 2. The van der Waals surface area contributed by atoms with Gasteiger partial charge in [-0.2, -0.15) is 13.2 Å². The first-order chi connectivity index (χ1) is 15.0. The van der Waals surface area contributed by atoms with E-state index in [0.29, 0.717) is 10.9 Å². The number of amides is 1. The molecule has 1 unspecified atom stereocenters. The molecule has 32 heavy (non-hydrogen) atoms. The molecule has 0 aliphatic carbocycles. The molecular weight excluding hydrogens is 423 g/mol.